The summed E-state index contributed by atoms with van der Waals surface area (Å²) in [5, 5.41) is 18.5. The summed E-state index contributed by atoms with van der Waals surface area (Å²) < 4.78 is 0. The molecule has 3 nitrogen and oxygen atoms in total. The normalized spacial score (nSPS) is 13.4. The maximum absolute atomic E-state index is 10.7. The van der Waals surface area contributed by atoms with Gasteiger partial charge in [0, 0.05) is 17.4 Å². The number of hydrogen-bond donors (Lipinski definition) is 2. The number of carboxylic acid groups (broad SMARTS) is 1. The van der Waals surface area contributed by atoms with Crippen molar-refractivity contribution in [2.75, 3.05) is 0 Å². The third-order valence-corrected chi connectivity index (χ3v) is 2.02. The van der Waals surface area contributed by atoms with E-state index in [2.05, 4.69) is 6.58 Å². The topological polar surface area (TPSA) is 57.5 Å². The van der Waals surface area contributed by atoms with E-state index in [-0.39, 0.29) is 17.4 Å². The molecule has 0 aliphatic rings. The molecule has 1 aromatic carbocycles. The van der Waals surface area contributed by atoms with Gasteiger partial charge >= 0.3 is 5.97 Å². The molecule has 1 aromatic rings. The molecule has 0 aromatic heterocycles. The van der Waals surface area contributed by atoms with Crippen LogP contribution in [0.25, 0.3) is 0 Å². The Balaban J connectivity index is 0.00000196. The number of aliphatic carboxylic acids is 1. The van der Waals surface area contributed by atoms with Gasteiger partial charge in [-0.3, -0.25) is 4.79 Å². The van der Waals surface area contributed by atoms with E-state index >= 15 is 0 Å². The van der Waals surface area contributed by atoms with Crippen LogP contribution < -0.4 is 0 Å². The number of aliphatic hydroxyl groups is 1. The van der Waals surface area contributed by atoms with Crippen molar-refractivity contribution >= 4 is 5.97 Å². The number of carbonyl (C=O) groups is 1. The largest absolute Gasteiger partial charge is 0.481 e. The second kappa shape index (κ2) is 6.41. The number of aliphatic hydroxyl groups excluding tert-OH is 1. The first-order valence-corrected chi connectivity index (χ1v) is 4.25. The van der Waals surface area contributed by atoms with Crippen LogP contribution in [0.15, 0.2) is 43.0 Å². The summed E-state index contributed by atoms with van der Waals surface area (Å²) in [5.74, 6) is -2.03. The zero-order valence-electron chi connectivity index (χ0n) is 8.04. The van der Waals surface area contributed by atoms with Crippen molar-refractivity contribution in [3.63, 3.8) is 0 Å². The predicted molar refractivity (Wildman–Crippen MR) is 52.7 cm³/mol. The molecule has 0 heterocycles. The molecular formula is C11H12CrO3. The third-order valence-electron chi connectivity index (χ3n) is 2.02. The van der Waals surface area contributed by atoms with Crippen LogP contribution in [-0.4, -0.2) is 16.2 Å². The van der Waals surface area contributed by atoms with E-state index in [4.69, 9.17) is 5.11 Å². The standard InChI is InChI=1S/C11H12O3.Cr/c1-2-9(11(13)14)10(12)8-6-4-3-5-7-8;/h2-7,9-10,12H,1H2,(H,13,14);/t9-,10+;/m1./s1. The quantitative estimate of drug-likeness (QED) is 0.791. The van der Waals surface area contributed by atoms with Gasteiger partial charge in [0.1, 0.15) is 5.92 Å². The molecular weight excluding hydrogens is 232 g/mol. The average Bonchev–Trinajstić information content (AvgIpc) is 2.19. The van der Waals surface area contributed by atoms with Crippen molar-refractivity contribution in [1.82, 2.24) is 0 Å². The van der Waals surface area contributed by atoms with Crippen LogP contribution in [0, 0.1) is 5.92 Å². The van der Waals surface area contributed by atoms with Gasteiger partial charge in [-0.2, -0.15) is 0 Å². The summed E-state index contributed by atoms with van der Waals surface area (Å²) in [6.45, 7) is 3.39. The van der Waals surface area contributed by atoms with Gasteiger partial charge < -0.3 is 10.2 Å². The van der Waals surface area contributed by atoms with Gasteiger partial charge in [0.15, 0.2) is 0 Å². The first-order valence-electron chi connectivity index (χ1n) is 4.25. The van der Waals surface area contributed by atoms with E-state index < -0.39 is 18.0 Å². The first-order chi connectivity index (χ1) is 6.66. The summed E-state index contributed by atoms with van der Waals surface area (Å²) in [6.07, 6.45) is 0.200. The van der Waals surface area contributed by atoms with Crippen molar-refractivity contribution in [2.45, 2.75) is 6.10 Å². The first kappa shape index (κ1) is 13.9. The molecule has 2 N–H and O–H groups in total. The van der Waals surface area contributed by atoms with E-state index in [0.717, 1.165) is 0 Å². The Morgan fingerprint density at radius 2 is 1.87 bits per heavy atom. The van der Waals surface area contributed by atoms with E-state index in [1.54, 1.807) is 30.3 Å². The molecule has 0 aliphatic carbocycles. The van der Waals surface area contributed by atoms with Crippen LogP contribution in [0.3, 0.4) is 0 Å². The Bertz CT molecular complexity index is 324. The summed E-state index contributed by atoms with van der Waals surface area (Å²) >= 11 is 0. The van der Waals surface area contributed by atoms with Gasteiger partial charge in [-0.1, -0.05) is 36.4 Å². The number of rotatable bonds is 4. The molecule has 0 saturated carbocycles. The van der Waals surface area contributed by atoms with Crippen LogP contribution in [0.4, 0.5) is 0 Å². The van der Waals surface area contributed by atoms with Crippen molar-refractivity contribution in [3.8, 4) is 0 Å². The second-order valence-electron chi connectivity index (χ2n) is 2.96. The number of hydrogen-bond acceptors (Lipinski definition) is 2. The van der Waals surface area contributed by atoms with Crippen LogP contribution in [0.2, 0.25) is 0 Å². The fourth-order valence-electron chi connectivity index (χ4n) is 1.22. The summed E-state index contributed by atoms with van der Waals surface area (Å²) in [5.41, 5.74) is 0.583. The molecule has 4 heteroatoms. The molecule has 0 saturated heterocycles. The van der Waals surface area contributed by atoms with Crippen molar-refractivity contribution in [1.29, 1.82) is 0 Å². The zero-order valence-corrected chi connectivity index (χ0v) is 9.31. The Hall–Kier alpha value is -1.08. The molecule has 0 unspecified atom stereocenters. The van der Waals surface area contributed by atoms with Gasteiger partial charge in [-0.25, -0.2) is 0 Å². The minimum absolute atomic E-state index is 0. The maximum atomic E-state index is 10.7. The molecule has 0 amide bonds. The van der Waals surface area contributed by atoms with Gasteiger partial charge in [0.05, 0.1) is 6.10 Å². The Morgan fingerprint density at radius 3 is 2.27 bits per heavy atom. The molecule has 0 spiro atoms. The average molecular weight is 244 g/mol. The maximum Gasteiger partial charge on any atom is 0.313 e. The molecule has 0 aliphatic heterocycles. The van der Waals surface area contributed by atoms with E-state index in [9.17, 15) is 9.90 Å². The van der Waals surface area contributed by atoms with Gasteiger partial charge in [-0.05, 0) is 5.56 Å². The van der Waals surface area contributed by atoms with Crippen molar-refractivity contribution < 1.29 is 32.4 Å². The summed E-state index contributed by atoms with van der Waals surface area (Å²) in [6, 6.07) is 8.68. The molecule has 0 bridgehead atoms. The zero-order chi connectivity index (χ0) is 10.6. The Labute approximate surface area is 99.2 Å². The monoisotopic (exact) mass is 244 g/mol. The molecule has 15 heavy (non-hydrogen) atoms. The van der Waals surface area contributed by atoms with E-state index in [1.165, 1.54) is 6.08 Å². The Kier molecular flexibility index (Phi) is 5.95. The van der Waals surface area contributed by atoms with Gasteiger partial charge in [0.25, 0.3) is 0 Å². The SMILES string of the molecule is C=C[C@@H](C(=O)O)[C@@H](O)c1ccccc1.[Cr]. The molecule has 0 radical (unpaired) electrons. The number of carboxylic acids is 1. The Morgan fingerprint density at radius 1 is 1.33 bits per heavy atom. The summed E-state index contributed by atoms with van der Waals surface area (Å²) in [4.78, 5) is 10.7. The van der Waals surface area contributed by atoms with Crippen molar-refractivity contribution in [3.05, 3.63) is 48.6 Å². The molecule has 1 rings (SSSR count). The summed E-state index contributed by atoms with van der Waals surface area (Å²) in [7, 11) is 0. The predicted octanol–water partition coefficient (Wildman–Crippen LogP) is 1.60. The molecule has 0 fully saturated rings. The molecule has 2 atom stereocenters. The smallest absolute Gasteiger partial charge is 0.313 e. The van der Waals surface area contributed by atoms with Gasteiger partial charge in [-0.15, -0.1) is 6.58 Å². The molecule has 80 valence electrons. The van der Waals surface area contributed by atoms with E-state index in [1.807, 2.05) is 0 Å². The third kappa shape index (κ3) is 3.52. The second-order valence-corrected chi connectivity index (χ2v) is 2.96. The van der Waals surface area contributed by atoms with Crippen LogP contribution in [-0.2, 0) is 22.2 Å². The van der Waals surface area contributed by atoms with E-state index in [0.29, 0.717) is 5.56 Å². The van der Waals surface area contributed by atoms with Crippen LogP contribution in [0.1, 0.15) is 11.7 Å². The van der Waals surface area contributed by atoms with Gasteiger partial charge in [0.2, 0.25) is 0 Å². The van der Waals surface area contributed by atoms with Crippen molar-refractivity contribution in [2.24, 2.45) is 5.92 Å². The van der Waals surface area contributed by atoms with Crippen LogP contribution >= 0.6 is 0 Å². The minimum atomic E-state index is -1.07. The fraction of sp³-hybridized carbons (Fsp3) is 0.182. The number of benzene rings is 1. The van der Waals surface area contributed by atoms with Crippen LogP contribution in [0.5, 0.6) is 0 Å². The minimum Gasteiger partial charge on any atom is -0.481 e. The fourth-order valence-corrected chi connectivity index (χ4v) is 1.22.